The Morgan fingerprint density at radius 1 is 1.50 bits per heavy atom. The van der Waals surface area contributed by atoms with Crippen molar-refractivity contribution in [1.82, 2.24) is 15.1 Å². The number of aryl methyl sites for hydroxylation is 2. The Morgan fingerprint density at radius 3 is 2.65 bits per heavy atom. The third-order valence-electron chi connectivity index (χ3n) is 2.51. The van der Waals surface area contributed by atoms with Gasteiger partial charge in [0.15, 0.2) is 0 Å². The largest absolute Gasteiger partial charge is 0.411 e. The number of rotatable bonds is 6. The zero-order valence-corrected chi connectivity index (χ0v) is 11.3. The summed E-state index contributed by atoms with van der Waals surface area (Å²) in [4.78, 5) is 11.8. The average molecular weight is 294 g/mol. The van der Waals surface area contributed by atoms with E-state index in [0.29, 0.717) is 12.1 Å². The van der Waals surface area contributed by atoms with Crippen molar-refractivity contribution in [1.29, 1.82) is 0 Å². The fraction of sp³-hybridized carbons (Fsp3) is 0.636. The first-order valence-corrected chi connectivity index (χ1v) is 6.00. The van der Waals surface area contributed by atoms with Crippen molar-refractivity contribution in [3.8, 4) is 0 Å². The minimum Gasteiger partial charge on any atom is -0.395 e. The van der Waals surface area contributed by atoms with Crippen LogP contribution in [-0.2, 0) is 18.2 Å². The smallest absolute Gasteiger partial charge is 0.395 e. The van der Waals surface area contributed by atoms with Gasteiger partial charge in [-0.3, -0.25) is 9.48 Å². The predicted molar refractivity (Wildman–Crippen MR) is 66.2 cm³/mol. The van der Waals surface area contributed by atoms with Crippen molar-refractivity contribution in [3.63, 3.8) is 0 Å². The molecule has 0 fully saturated rings. The zero-order chi connectivity index (χ0) is 15.3. The average Bonchev–Trinajstić information content (AvgIpc) is 2.62. The lowest BCUT2D eigenvalue weighted by Crippen LogP contribution is -2.30. The Morgan fingerprint density at radius 2 is 2.15 bits per heavy atom. The number of hydrogen-bond acceptors (Lipinski definition) is 4. The lowest BCUT2D eigenvalue weighted by atomic mass is 10.2. The van der Waals surface area contributed by atoms with Gasteiger partial charge in [-0.15, -0.1) is 0 Å². The number of carbonyl (C=O) groups is 1. The van der Waals surface area contributed by atoms with E-state index >= 15 is 0 Å². The van der Waals surface area contributed by atoms with Gasteiger partial charge in [0.2, 0.25) is 0 Å². The second-order valence-corrected chi connectivity index (χ2v) is 4.11. The number of aromatic nitrogens is 2. The summed E-state index contributed by atoms with van der Waals surface area (Å²) in [5, 5.41) is 6.51. The van der Waals surface area contributed by atoms with Gasteiger partial charge in [0.1, 0.15) is 12.3 Å². The van der Waals surface area contributed by atoms with Crippen LogP contribution in [-0.4, -0.2) is 41.6 Å². The van der Waals surface area contributed by atoms with E-state index in [1.54, 1.807) is 7.05 Å². The number of hydrogen-bond donors (Lipinski definition) is 2. The molecule has 1 heterocycles. The van der Waals surface area contributed by atoms with Crippen LogP contribution in [0.4, 0.5) is 18.9 Å². The number of nitrogens with two attached hydrogens (primary N) is 1. The van der Waals surface area contributed by atoms with Crippen LogP contribution in [0, 0.1) is 0 Å². The van der Waals surface area contributed by atoms with Gasteiger partial charge in [-0.2, -0.15) is 18.3 Å². The minimum atomic E-state index is -4.37. The summed E-state index contributed by atoms with van der Waals surface area (Å²) in [6.07, 6.45) is -3.78. The summed E-state index contributed by atoms with van der Waals surface area (Å²) in [5.41, 5.74) is 6.86. The lowest BCUT2D eigenvalue weighted by molar-refractivity contribution is -0.173. The molecule has 0 saturated carbocycles. The molecular weight excluding hydrogens is 277 g/mol. The van der Waals surface area contributed by atoms with Crippen LogP contribution < -0.4 is 11.1 Å². The van der Waals surface area contributed by atoms with Crippen LogP contribution in [0.5, 0.6) is 0 Å². The number of alkyl halides is 3. The van der Waals surface area contributed by atoms with E-state index in [1.165, 1.54) is 4.68 Å². The molecule has 0 aliphatic heterocycles. The summed E-state index contributed by atoms with van der Waals surface area (Å²) >= 11 is 0. The van der Waals surface area contributed by atoms with Crippen LogP contribution in [0.2, 0.25) is 0 Å². The van der Waals surface area contributed by atoms with Crippen LogP contribution in [0.15, 0.2) is 0 Å². The third-order valence-corrected chi connectivity index (χ3v) is 2.51. The topological polar surface area (TPSA) is 82.2 Å². The summed E-state index contributed by atoms with van der Waals surface area (Å²) in [6, 6.07) is 0. The zero-order valence-electron chi connectivity index (χ0n) is 11.3. The molecule has 1 amide bonds. The molecule has 9 heteroatoms. The Labute approximate surface area is 114 Å². The molecular formula is C11H17F3N4O2. The maximum absolute atomic E-state index is 11.8. The molecule has 1 rings (SSSR count). The van der Waals surface area contributed by atoms with Gasteiger partial charge in [-0.1, -0.05) is 6.92 Å². The van der Waals surface area contributed by atoms with Gasteiger partial charge in [0, 0.05) is 13.6 Å². The Hall–Kier alpha value is -1.77. The van der Waals surface area contributed by atoms with Gasteiger partial charge in [0.05, 0.1) is 18.0 Å². The highest BCUT2D eigenvalue weighted by Gasteiger charge is 2.27. The van der Waals surface area contributed by atoms with Crippen molar-refractivity contribution in [3.05, 3.63) is 11.4 Å². The van der Waals surface area contributed by atoms with Gasteiger partial charge in [0.25, 0.3) is 5.91 Å². The number of nitrogens with zero attached hydrogens (tertiary/aromatic N) is 2. The SMILES string of the molecule is CCc1nn(C)c(C(=O)NCCOCC(F)(F)F)c1N. The molecule has 20 heavy (non-hydrogen) atoms. The fourth-order valence-electron chi connectivity index (χ4n) is 1.63. The van der Waals surface area contributed by atoms with Crippen molar-refractivity contribution in [2.75, 3.05) is 25.5 Å². The second-order valence-electron chi connectivity index (χ2n) is 4.11. The molecule has 1 aromatic rings. The summed E-state index contributed by atoms with van der Waals surface area (Å²) in [7, 11) is 1.57. The first kappa shape index (κ1) is 16.3. The minimum absolute atomic E-state index is 0.0407. The normalized spacial score (nSPS) is 11.7. The van der Waals surface area contributed by atoms with E-state index < -0.39 is 18.7 Å². The highest BCUT2D eigenvalue weighted by molar-refractivity contribution is 5.97. The van der Waals surface area contributed by atoms with E-state index in [9.17, 15) is 18.0 Å². The van der Waals surface area contributed by atoms with Crippen LogP contribution >= 0.6 is 0 Å². The number of ether oxygens (including phenoxy) is 1. The molecule has 6 nitrogen and oxygen atoms in total. The van der Waals surface area contributed by atoms with E-state index in [-0.39, 0.29) is 24.5 Å². The highest BCUT2D eigenvalue weighted by atomic mass is 19.4. The number of anilines is 1. The summed E-state index contributed by atoms with van der Waals surface area (Å²) < 4.78 is 41.2. The van der Waals surface area contributed by atoms with Gasteiger partial charge < -0.3 is 15.8 Å². The van der Waals surface area contributed by atoms with E-state index in [2.05, 4.69) is 15.2 Å². The lowest BCUT2D eigenvalue weighted by Gasteiger charge is -2.09. The molecule has 114 valence electrons. The number of nitrogens with one attached hydrogen (secondary N) is 1. The number of halogens is 3. The fourth-order valence-corrected chi connectivity index (χ4v) is 1.63. The standard InChI is InChI=1S/C11H17F3N4O2/c1-3-7-8(15)9(18(2)17-7)10(19)16-4-5-20-6-11(12,13)14/h3-6,15H2,1-2H3,(H,16,19). The molecule has 0 saturated heterocycles. The first-order chi connectivity index (χ1) is 9.26. The highest BCUT2D eigenvalue weighted by Crippen LogP contribution is 2.16. The summed E-state index contributed by atoms with van der Waals surface area (Å²) in [5.74, 6) is -0.493. The molecule has 0 bridgehead atoms. The Bertz CT molecular complexity index is 471. The number of nitrogen functional groups attached to an aromatic ring is 1. The van der Waals surface area contributed by atoms with Crippen molar-refractivity contribution in [2.24, 2.45) is 7.05 Å². The number of carbonyl (C=O) groups excluding carboxylic acids is 1. The van der Waals surface area contributed by atoms with Gasteiger partial charge in [-0.05, 0) is 6.42 Å². The molecule has 0 aliphatic carbocycles. The third kappa shape index (κ3) is 4.41. The maximum Gasteiger partial charge on any atom is 0.411 e. The molecule has 0 aromatic carbocycles. The van der Waals surface area contributed by atoms with E-state index in [1.807, 2.05) is 6.92 Å². The van der Waals surface area contributed by atoms with Crippen LogP contribution in [0.25, 0.3) is 0 Å². The quantitative estimate of drug-likeness (QED) is 0.763. The molecule has 0 radical (unpaired) electrons. The maximum atomic E-state index is 11.8. The van der Waals surface area contributed by atoms with E-state index in [4.69, 9.17) is 5.73 Å². The van der Waals surface area contributed by atoms with Crippen LogP contribution in [0.1, 0.15) is 23.1 Å². The van der Waals surface area contributed by atoms with Gasteiger partial charge in [-0.25, -0.2) is 0 Å². The van der Waals surface area contributed by atoms with Crippen LogP contribution in [0.3, 0.4) is 0 Å². The molecule has 0 unspecified atom stereocenters. The first-order valence-electron chi connectivity index (χ1n) is 6.00. The molecule has 0 spiro atoms. The van der Waals surface area contributed by atoms with Crippen molar-refractivity contribution in [2.45, 2.75) is 19.5 Å². The summed E-state index contributed by atoms with van der Waals surface area (Å²) in [6.45, 7) is 0.243. The Kier molecular flexibility index (Phi) is 5.37. The molecule has 0 aliphatic rings. The monoisotopic (exact) mass is 294 g/mol. The predicted octanol–water partition coefficient (Wildman–Crippen LogP) is 0.873. The number of amides is 1. The van der Waals surface area contributed by atoms with Crippen molar-refractivity contribution < 1.29 is 22.7 Å². The molecule has 0 atom stereocenters. The van der Waals surface area contributed by atoms with Gasteiger partial charge >= 0.3 is 6.18 Å². The Balaban J connectivity index is 2.46. The van der Waals surface area contributed by atoms with Crippen molar-refractivity contribution >= 4 is 11.6 Å². The molecule has 3 N–H and O–H groups in total. The molecule has 1 aromatic heterocycles. The second kappa shape index (κ2) is 6.60. The van der Waals surface area contributed by atoms with E-state index in [0.717, 1.165) is 0 Å².